The fourth-order valence-electron chi connectivity index (χ4n) is 4.74. The summed E-state index contributed by atoms with van der Waals surface area (Å²) in [6, 6.07) is 5.82. The van der Waals surface area contributed by atoms with Gasteiger partial charge in [-0.2, -0.15) is 0 Å². The van der Waals surface area contributed by atoms with E-state index in [1.807, 2.05) is 18.2 Å². The lowest BCUT2D eigenvalue weighted by Gasteiger charge is -2.50. The molecule has 1 aromatic rings. The van der Waals surface area contributed by atoms with Gasteiger partial charge in [0, 0.05) is 29.7 Å². The SMILES string of the molecule is O=C1NC(=S)N(C2CC2)C(=O)[C@@]12Cc1c(Cl)cccc1N1CCC[C@H]12. The first kappa shape index (κ1) is 15.6. The highest BCUT2D eigenvalue weighted by Crippen LogP contribution is 2.50. The molecule has 1 aliphatic carbocycles. The van der Waals surface area contributed by atoms with Crippen LogP contribution in [0, 0.1) is 5.41 Å². The number of carbonyl (C=O) groups is 2. The van der Waals surface area contributed by atoms with E-state index in [1.165, 1.54) is 0 Å². The average Bonchev–Trinajstić information content (AvgIpc) is 3.27. The summed E-state index contributed by atoms with van der Waals surface area (Å²) in [4.78, 5) is 30.6. The monoisotopic (exact) mass is 375 g/mol. The van der Waals surface area contributed by atoms with Crippen molar-refractivity contribution in [1.29, 1.82) is 0 Å². The minimum absolute atomic E-state index is 0.129. The summed E-state index contributed by atoms with van der Waals surface area (Å²) in [7, 11) is 0. The first-order chi connectivity index (χ1) is 12.0. The fourth-order valence-corrected chi connectivity index (χ4v) is 5.30. The molecule has 1 aromatic carbocycles. The highest BCUT2D eigenvalue weighted by molar-refractivity contribution is 7.80. The maximum absolute atomic E-state index is 13.6. The number of rotatable bonds is 1. The fraction of sp³-hybridized carbons (Fsp3) is 0.500. The number of nitrogens with one attached hydrogen (secondary N) is 1. The molecule has 0 unspecified atom stereocenters. The topological polar surface area (TPSA) is 52.7 Å². The normalized spacial score (nSPS) is 31.2. The lowest BCUT2D eigenvalue weighted by molar-refractivity contribution is -0.152. The van der Waals surface area contributed by atoms with Gasteiger partial charge in [-0.1, -0.05) is 17.7 Å². The molecule has 2 amide bonds. The maximum Gasteiger partial charge on any atom is 0.247 e. The van der Waals surface area contributed by atoms with E-state index in [4.69, 9.17) is 23.8 Å². The van der Waals surface area contributed by atoms with Crippen molar-refractivity contribution in [1.82, 2.24) is 10.2 Å². The third kappa shape index (κ3) is 1.98. The van der Waals surface area contributed by atoms with Gasteiger partial charge in [-0.05, 0) is 55.6 Å². The van der Waals surface area contributed by atoms with Crippen molar-refractivity contribution in [2.45, 2.75) is 44.2 Å². The number of fused-ring (bicyclic) bond motifs is 4. The second-order valence-corrected chi connectivity index (χ2v) is 8.20. The molecule has 5 rings (SSSR count). The number of hydrogen-bond donors (Lipinski definition) is 1. The first-order valence-electron chi connectivity index (χ1n) is 8.77. The van der Waals surface area contributed by atoms with Crippen LogP contribution in [0.4, 0.5) is 5.69 Å². The van der Waals surface area contributed by atoms with Crippen molar-refractivity contribution in [3.05, 3.63) is 28.8 Å². The molecule has 25 heavy (non-hydrogen) atoms. The van der Waals surface area contributed by atoms with Crippen LogP contribution in [0.5, 0.6) is 0 Å². The zero-order valence-corrected chi connectivity index (χ0v) is 15.2. The summed E-state index contributed by atoms with van der Waals surface area (Å²) >= 11 is 11.8. The van der Waals surface area contributed by atoms with Gasteiger partial charge in [0.05, 0.1) is 6.04 Å². The van der Waals surface area contributed by atoms with Crippen molar-refractivity contribution in [2.75, 3.05) is 11.4 Å². The Morgan fingerprint density at radius 3 is 2.80 bits per heavy atom. The lowest BCUT2D eigenvalue weighted by Crippen LogP contribution is -2.71. The Morgan fingerprint density at radius 2 is 2.04 bits per heavy atom. The van der Waals surface area contributed by atoms with Gasteiger partial charge in [-0.15, -0.1) is 0 Å². The Hall–Kier alpha value is -1.66. The van der Waals surface area contributed by atoms with Crippen molar-refractivity contribution >= 4 is 46.4 Å². The van der Waals surface area contributed by atoms with Gasteiger partial charge in [-0.3, -0.25) is 14.5 Å². The Balaban J connectivity index is 1.69. The predicted octanol–water partition coefficient (Wildman–Crippen LogP) is 2.26. The summed E-state index contributed by atoms with van der Waals surface area (Å²) in [5.74, 6) is -0.395. The van der Waals surface area contributed by atoms with Gasteiger partial charge in [0.2, 0.25) is 11.8 Å². The number of hydrogen-bond acceptors (Lipinski definition) is 4. The Labute approximate surface area is 156 Å². The van der Waals surface area contributed by atoms with Gasteiger partial charge in [0.15, 0.2) is 10.5 Å². The Bertz CT molecular complexity index is 825. The van der Waals surface area contributed by atoms with E-state index in [0.717, 1.165) is 43.5 Å². The second kappa shape index (κ2) is 5.17. The van der Waals surface area contributed by atoms with Crippen LogP contribution in [0.25, 0.3) is 0 Å². The molecule has 3 fully saturated rings. The molecule has 1 N–H and O–H groups in total. The van der Waals surface area contributed by atoms with Crippen LogP contribution in [-0.2, 0) is 16.0 Å². The van der Waals surface area contributed by atoms with Crippen LogP contribution in [-0.4, -0.2) is 40.5 Å². The molecule has 5 nitrogen and oxygen atoms in total. The maximum atomic E-state index is 13.6. The number of thiocarbonyl (C=S) groups is 1. The van der Waals surface area contributed by atoms with Crippen molar-refractivity contribution in [3.8, 4) is 0 Å². The number of benzene rings is 1. The van der Waals surface area contributed by atoms with E-state index < -0.39 is 5.41 Å². The highest BCUT2D eigenvalue weighted by Gasteiger charge is 2.63. The smallest absolute Gasteiger partial charge is 0.247 e. The molecule has 130 valence electrons. The van der Waals surface area contributed by atoms with Crippen molar-refractivity contribution < 1.29 is 9.59 Å². The molecule has 3 aliphatic heterocycles. The molecule has 2 atom stereocenters. The van der Waals surface area contributed by atoms with E-state index in [2.05, 4.69) is 10.2 Å². The first-order valence-corrected chi connectivity index (χ1v) is 9.56. The minimum Gasteiger partial charge on any atom is -0.367 e. The van der Waals surface area contributed by atoms with E-state index in [1.54, 1.807) is 4.90 Å². The van der Waals surface area contributed by atoms with Crippen molar-refractivity contribution in [3.63, 3.8) is 0 Å². The third-order valence-corrected chi connectivity index (χ3v) is 6.69. The van der Waals surface area contributed by atoms with Gasteiger partial charge < -0.3 is 10.2 Å². The average molecular weight is 376 g/mol. The molecular formula is C18H18ClN3O2S. The summed E-state index contributed by atoms with van der Waals surface area (Å²) in [6.07, 6.45) is 4.04. The molecule has 0 radical (unpaired) electrons. The van der Waals surface area contributed by atoms with Crippen LogP contribution >= 0.6 is 23.8 Å². The standard InChI is InChI=1S/C18H18ClN3O2S/c19-12-3-1-4-13-11(12)9-18(14-5-2-8-21(13)14)15(23)20-17(25)22(16(18)24)10-6-7-10/h1,3-4,10,14H,2,5-9H2,(H,20,23,25)/t14-,18+/m0/s1. The van der Waals surface area contributed by atoms with E-state index >= 15 is 0 Å². The summed E-state index contributed by atoms with van der Waals surface area (Å²) in [5, 5.41) is 3.71. The molecule has 7 heteroatoms. The largest absolute Gasteiger partial charge is 0.367 e. The molecule has 3 heterocycles. The van der Waals surface area contributed by atoms with Crippen LogP contribution in [0.1, 0.15) is 31.2 Å². The number of anilines is 1. The summed E-state index contributed by atoms with van der Waals surface area (Å²) in [6.45, 7) is 0.841. The Kier molecular flexibility index (Phi) is 3.23. The van der Waals surface area contributed by atoms with Crippen LogP contribution in [0.2, 0.25) is 5.02 Å². The number of carbonyl (C=O) groups excluding carboxylic acids is 2. The third-order valence-electron chi connectivity index (χ3n) is 6.04. The Morgan fingerprint density at radius 1 is 1.24 bits per heavy atom. The lowest BCUT2D eigenvalue weighted by atomic mass is 9.68. The number of nitrogens with zero attached hydrogens (tertiary/aromatic N) is 2. The van der Waals surface area contributed by atoms with Gasteiger partial charge in [0.25, 0.3) is 0 Å². The van der Waals surface area contributed by atoms with E-state index in [0.29, 0.717) is 11.4 Å². The van der Waals surface area contributed by atoms with E-state index in [-0.39, 0.29) is 29.0 Å². The molecule has 1 spiro atoms. The zero-order chi connectivity index (χ0) is 17.3. The second-order valence-electron chi connectivity index (χ2n) is 7.40. The van der Waals surface area contributed by atoms with Crippen LogP contribution in [0.15, 0.2) is 18.2 Å². The molecule has 2 saturated heterocycles. The number of halogens is 1. The molecular weight excluding hydrogens is 358 g/mol. The van der Waals surface area contributed by atoms with Crippen LogP contribution < -0.4 is 10.2 Å². The summed E-state index contributed by atoms with van der Waals surface area (Å²) < 4.78 is 0. The van der Waals surface area contributed by atoms with Crippen molar-refractivity contribution in [2.24, 2.45) is 5.41 Å². The highest BCUT2D eigenvalue weighted by atomic mass is 35.5. The zero-order valence-electron chi connectivity index (χ0n) is 13.6. The quantitative estimate of drug-likeness (QED) is 0.604. The van der Waals surface area contributed by atoms with Crippen LogP contribution in [0.3, 0.4) is 0 Å². The molecule has 1 saturated carbocycles. The van der Waals surface area contributed by atoms with Gasteiger partial charge >= 0.3 is 0 Å². The summed E-state index contributed by atoms with van der Waals surface area (Å²) in [5.41, 5.74) is 0.834. The predicted molar refractivity (Wildman–Crippen MR) is 98.6 cm³/mol. The van der Waals surface area contributed by atoms with Gasteiger partial charge in [-0.25, -0.2) is 0 Å². The molecule has 0 bridgehead atoms. The minimum atomic E-state index is -1.13. The van der Waals surface area contributed by atoms with E-state index in [9.17, 15) is 9.59 Å². The van der Waals surface area contributed by atoms with Gasteiger partial charge in [0.1, 0.15) is 0 Å². The number of amides is 2. The molecule has 4 aliphatic rings. The molecule has 0 aromatic heterocycles.